The molecule has 166 valence electrons. The van der Waals surface area contributed by atoms with Gasteiger partial charge in [-0.3, -0.25) is 9.69 Å². The number of Topliss-reactive ketones (excluding diaryl/α,β-unsaturated/α-hetero) is 1. The quantitative estimate of drug-likeness (QED) is 0.668. The van der Waals surface area contributed by atoms with Gasteiger partial charge in [0.05, 0.1) is 18.0 Å². The van der Waals surface area contributed by atoms with E-state index in [-0.39, 0.29) is 41.6 Å². The third-order valence-corrected chi connectivity index (χ3v) is 5.98. The summed E-state index contributed by atoms with van der Waals surface area (Å²) >= 11 is 0. The van der Waals surface area contributed by atoms with Crippen LogP contribution in [0.1, 0.15) is 52.0 Å². The molecule has 1 amide bonds. The summed E-state index contributed by atoms with van der Waals surface area (Å²) in [6.45, 7) is 5.31. The number of fused-ring (bicyclic) bond motifs is 2. The number of rotatable bonds is 6. The van der Waals surface area contributed by atoms with Gasteiger partial charge in [-0.1, -0.05) is 12.1 Å². The van der Waals surface area contributed by atoms with Crippen LogP contribution in [0.15, 0.2) is 18.2 Å². The molecule has 1 aromatic rings. The van der Waals surface area contributed by atoms with Crippen LogP contribution < -0.4 is 5.46 Å². The van der Waals surface area contributed by atoms with Crippen molar-refractivity contribution in [1.29, 1.82) is 5.26 Å². The largest absolute Gasteiger partial charge is 0.488 e. The van der Waals surface area contributed by atoms with Gasteiger partial charge in [0.25, 0.3) is 0 Å². The molecule has 0 aromatic heterocycles. The summed E-state index contributed by atoms with van der Waals surface area (Å²) in [6.07, 6.45) is 1.76. The molecule has 1 saturated carbocycles. The Hall–Kier alpha value is -2.44. The first kappa shape index (κ1) is 23.2. The van der Waals surface area contributed by atoms with E-state index in [2.05, 4.69) is 6.07 Å². The van der Waals surface area contributed by atoms with Gasteiger partial charge >= 0.3 is 13.2 Å². The van der Waals surface area contributed by atoms with Gasteiger partial charge in [-0.05, 0) is 69.5 Å². The van der Waals surface area contributed by atoms with Crippen molar-refractivity contribution in [3.8, 4) is 6.07 Å². The molecule has 1 saturated heterocycles. The second-order valence-corrected chi connectivity index (χ2v) is 9.48. The van der Waals surface area contributed by atoms with Crippen molar-refractivity contribution in [2.45, 2.75) is 70.6 Å². The number of piperidine rings is 1. The smallest absolute Gasteiger partial charge is 0.444 e. The van der Waals surface area contributed by atoms with Crippen LogP contribution in [0.3, 0.4) is 0 Å². The van der Waals surface area contributed by atoms with Crippen LogP contribution >= 0.6 is 0 Å². The Labute approximate surface area is 181 Å². The number of ether oxygens (including phenoxy) is 1. The second kappa shape index (κ2) is 8.97. The molecule has 4 atom stereocenters. The topological polar surface area (TPSA) is 111 Å². The van der Waals surface area contributed by atoms with Crippen LogP contribution in [0, 0.1) is 29.0 Å². The normalized spacial score (nSPS) is 23.4. The van der Waals surface area contributed by atoms with Gasteiger partial charge in [-0.15, -0.1) is 0 Å². The molecule has 1 aliphatic carbocycles. The number of hydrogen-bond acceptors (Lipinski definition) is 6. The molecule has 1 aromatic carbocycles. The van der Waals surface area contributed by atoms with Crippen molar-refractivity contribution in [2.24, 2.45) is 11.8 Å². The Morgan fingerprint density at radius 2 is 2.06 bits per heavy atom. The van der Waals surface area contributed by atoms with Crippen LogP contribution in [-0.2, 0) is 16.0 Å². The molecular weight excluding hydrogens is 402 g/mol. The lowest BCUT2D eigenvalue weighted by atomic mass is 9.78. The Bertz CT molecular complexity index is 895. The molecule has 1 heterocycles. The molecule has 9 heteroatoms. The van der Waals surface area contributed by atoms with Gasteiger partial charge < -0.3 is 14.8 Å². The zero-order chi connectivity index (χ0) is 22.9. The number of nitrogens with zero attached hydrogens (tertiary/aromatic N) is 2. The van der Waals surface area contributed by atoms with Crippen molar-refractivity contribution in [2.75, 3.05) is 0 Å². The van der Waals surface area contributed by atoms with Gasteiger partial charge in [0.2, 0.25) is 0 Å². The average Bonchev–Trinajstić information content (AvgIpc) is 3.28. The van der Waals surface area contributed by atoms with E-state index in [0.29, 0.717) is 0 Å². The number of halogens is 1. The van der Waals surface area contributed by atoms with Gasteiger partial charge in [0.1, 0.15) is 11.4 Å². The highest BCUT2D eigenvalue weighted by atomic mass is 19.1. The summed E-state index contributed by atoms with van der Waals surface area (Å²) in [7, 11) is -1.75. The van der Waals surface area contributed by atoms with E-state index >= 15 is 0 Å². The van der Waals surface area contributed by atoms with Crippen LogP contribution in [0.25, 0.3) is 0 Å². The number of carbonyl (C=O) groups is 2. The molecule has 2 aliphatic rings. The maximum absolute atomic E-state index is 14.2. The Morgan fingerprint density at radius 3 is 2.68 bits per heavy atom. The third kappa shape index (κ3) is 5.25. The minimum atomic E-state index is -1.75. The maximum atomic E-state index is 14.2. The van der Waals surface area contributed by atoms with E-state index in [0.717, 1.165) is 25.3 Å². The first-order valence-corrected chi connectivity index (χ1v) is 10.6. The van der Waals surface area contributed by atoms with Gasteiger partial charge in [0, 0.05) is 12.5 Å². The summed E-state index contributed by atoms with van der Waals surface area (Å²) in [5.74, 6) is -1.54. The zero-order valence-electron chi connectivity index (χ0n) is 18.0. The molecule has 1 unspecified atom stereocenters. The molecule has 31 heavy (non-hydrogen) atoms. The van der Waals surface area contributed by atoms with Crippen LogP contribution in [0.2, 0.25) is 0 Å². The average molecular weight is 430 g/mol. The molecular formula is C22H28BFN2O5. The standard InChI is InChI=1S/C22H28BFN2O5/c1-22(2,3)31-21(28)26-17-6-4-14(11-17)20(26)19(27)9-13(12-25)8-15-10-16(23(29)30)5-7-18(15)24/h5,7,10,13-14,17,20,29-30H,4,6,8-9,11H2,1-3H3/t13-,14+,17-,20?/m1/s1. The summed E-state index contributed by atoms with van der Waals surface area (Å²) in [5, 5.41) is 28.2. The van der Waals surface area contributed by atoms with E-state index in [1.165, 1.54) is 12.1 Å². The summed E-state index contributed by atoms with van der Waals surface area (Å²) in [6, 6.07) is 5.06. The molecule has 1 aliphatic heterocycles. The van der Waals surface area contributed by atoms with Crippen molar-refractivity contribution >= 4 is 24.5 Å². The highest BCUT2D eigenvalue weighted by molar-refractivity contribution is 6.58. The fourth-order valence-corrected chi connectivity index (χ4v) is 4.68. The van der Waals surface area contributed by atoms with E-state index in [1.807, 2.05) is 0 Å². The molecule has 2 fully saturated rings. The Morgan fingerprint density at radius 1 is 1.35 bits per heavy atom. The predicted octanol–water partition coefficient (Wildman–Crippen LogP) is 1.93. The summed E-state index contributed by atoms with van der Waals surface area (Å²) in [5.41, 5.74) is -0.424. The SMILES string of the molecule is CC(C)(C)OC(=O)N1C(C(=O)C[C@H](C#N)Cc2cc(B(O)O)ccc2F)[C@H]2CC[C@@H]1C2. The van der Waals surface area contributed by atoms with Crippen LogP contribution in [0.4, 0.5) is 9.18 Å². The highest BCUT2D eigenvalue weighted by Gasteiger charge is 2.52. The van der Waals surface area contributed by atoms with Crippen LogP contribution in [-0.4, -0.2) is 51.6 Å². The van der Waals surface area contributed by atoms with Gasteiger partial charge in [-0.2, -0.15) is 5.26 Å². The lowest BCUT2D eigenvalue weighted by molar-refractivity contribution is -0.126. The maximum Gasteiger partial charge on any atom is 0.488 e. The minimum absolute atomic E-state index is 0.0329. The van der Waals surface area contributed by atoms with E-state index in [1.54, 1.807) is 25.7 Å². The van der Waals surface area contributed by atoms with Crippen molar-refractivity contribution < 1.29 is 28.8 Å². The van der Waals surface area contributed by atoms with Crippen molar-refractivity contribution in [3.63, 3.8) is 0 Å². The number of nitriles is 1. The summed E-state index contributed by atoms with van der Waals surface area (Å²) < 4.78 is 19.7. The van der Waals surface area contributed by atoms with E-state index < -0.39 is 36.6 Å². The van der Waals surface area contributed by atoms with Crippen LogP contribution in [0.5, 0.6) is 0 Å². The minimum Gasteiger partial charge on any atom is -0.444 e. The molecule has 2 bridgehead atoms. The summed E-state index contributed by atoms with van der Waals surface area (Å²) in [4.78, 5) is 27.4. The lowest BCUT2D eigenvalue weighted by Crippen LogP contribution is -2.51. The molecule has 7 nitrogen and oxygen atoms in total. The molecule has 2 N–H and O–H groups in total. The Balaban J connectivity index is 1.73. The first-order valence-electron chi connectivity index (χ1n) is 10.6. The first-order chi connectivity index (χ1) is 14.5. The van der Waals surface area contributed by atoms with Gasteiger partial charge in [0.15, 0.2) is 5.78 Å². The van der Waals surface area contributed by atoms with Crippen molar-refractivity contribution in [1.82, 2.24) is 4.90 Å². The Kier molecular flexibility index (Phi) is 6.72. The number of ketones is 1. The molecule has 0 radical (unpaired) electrons. The number of carbonyl (C=O) groups excluding carboxylic acids is 2. The predicted molar refractivity (Wildman–Crippen MR) is 112 cm³/mol. The van der Waals surface area contributed by atoms with Crippen molar-refractivity contribution in [3.05, 3.63) is 29.6 Å². The highest BCUT2D eigenvalue weighted by Crippen LogP contribution is 2.44. The lowest BCUT2D eigenvalue weighted by Gasteiger charge is -2.35. The number of amides is 1. The van der Waals surface area contributed by atoms with Gasteiger partial charge in [-0.25, -0.2) is 9.18 Å². The monoisotopic (exact) mass is 430 g/mol. The second-order valence-electron chi connectivity index (χ2n) is 9.48. The fourth-order valence-electron chi connectivity index (χ4n) is 4.68. The van der Waals surface area contributed by atoms with E-state index in [9.17, 15) is 29.3 Å². The zero-order valence-corrected chi connectivity index (χ0v) is 18.0. The number of hydrogen-bond donors (Lipinski definition) is 2. The fraction of sp³-hybridized carbons (Fsp3) is 0.591. The van der Waals surface area contributed by atoms with E-state index in [4.69, 9.17) is 4.74 Å². The third-order valence-electron chi connectivity index (χ3n) is 5.98. The molecule has 0 spiro atoms. The number of likely N-dealkylation sites (tertiary alicyclic amines) is 1. The number of benzene rings is 1. The molecule has 3 rings (SSSR count).